The minimum absolute atomic E-state index is 0.0192. The number of carbonyl (C=O) groups excluding carboxylic acids is 1. The van der Waals surface area contributed by atoms with E-state index in [0.717, 1.165) is 17.7 Å². The molecule has 116 valence electrons. The van der Waals surface area contributed by atoms with Crippen molar-refractivity contribution in [2.45, 2.75) is 18.6 Å². The molecule has 1 aliphatic heterocycles. The molecule has 1 aromatic heterocycles. The van der Waals surface area contributed by atoms with Gasteiger partial charge in [0.1, 0.15) is 5.69 Å². The highest BCUT2D eigenvalue weighted by atomic mass is 16.5. The predicted molar refractivity (Wildman–Crippen MR) is 81.5 cm³/mol. The Kier molecular flexibility index (Phi) is 4.50. The second-order valence-corrected chi connectivity index (χ2v) is 5.25. The van der Waals surface area contributed by atoms with Crippen molar-refractivity contribution in [2.24, 2.45) is 0 Å². The average molecular weight is 301 g/mol. The van der Waals surface area contributed by atoms with Gasteiger partial charge in [0, 0.05) is 19.3 Å². The van der Waals surface area contributed by atoms with E-state index < -0.39 is 0 Å². The van der Waals surface area contributed by atoms with Crippen LogP contribution in [0, 0.1) is 0 Å². The number of benzene rings is 1. The molecular formula is C16H19N3O3. The molecule has 1 aliphatic rings. The molecule has 0 bridgehead atoms. The van der Waals surface area contributed by atoms with Crippen molar-refractivity contribution in [1.29, 1.82) is 0 Å². The maximum absolute atomic E-state index is 12.3. The van der Waals surface area contributed by atoms with Crippen LogP contribution < -0.4 is 5.32 Å². The van der Waals surface area contributed by atoms with E-state index in [1.54, 1.807) is 13.2 Å². The number of nitrogens with one attached hydrogen (secondary N) is 2. The van der Waals surface area contributed by atoms with E-state index >= 15 is 0 Å². The van der Waals surface area contributed by atoms with E-state index in [1.807, 2.05) is 30.3 Å². The Bertz CT molecular complexity index is 627. The quantitative estimate of drug-likeness (QED) is 0.899. The highest BCUT2D eigenvalue weighted by Gasteiger charge is 2.27. The molecule has 1 aromatic carbocycles. The lowest BCUT2D eigenvalue weighted by atomic mass is 10.1. The molecular weight excluding hydrogens is 282 g/mol. The van der Waals surface area contributed by atoms with Gasteiger partial charge in [-0.25, -0.2) is 0 Å². The number of aromatic amines is 1. The Morgan fingerprint density at radius 3 is 3.00 bits per heavy atom. The fourth-order valence-electron chi connectivity index (χ4n) is 2.58. The van der Waals surface area contributed by atoms with Gasteiger partial charge in [-0.05, 0) is 12.5 Å². The highest BCUT2D eigenvalue weighted by Crippen LogP contribution is 2.17. The number of H-pyrrole nitrogens is 1. The van der Waals surface area contributed by atoms with Crippen LogP contribution in [-0.4, -0.2) is 48.6 Å². The number of carbonyl (C=O) groups is 1. The lowest BCUT2D eigenvalue weighted by Crippen LogP contribution is -2.50. The van der Waals surface area contributed by atoms with Crippen molar-refractivity contribution >= 4 is 5.91 Å². The van der Waals surface area contributed by atoms with Gasteiger partial charge in [-0.15, -0.1) is 0 Å². The molecule has 0 unspecified atom stereocenters. The largest absolute Gasteiger partial charge is 0.379 e. The average Bonchev–Trinajstić information content (AvgIpc) is 3.06. The summed E-state index contributed by atoms with van der Waals surface area (Å²) in [6.45, 7) is 1.12. The fraction of sp³-hybridized carbons (Fsp3) is 0.375. The lowest BCUT2D eigenvalue weighted by Gasteiger charge is -2.30. The molecule has 0 radical (unpaired) electrons. The molecule has 22 heavy (non-hydrogen) atoms. The van der Waals surface area contributed by atoms with E-state index in [9.17, 15) is 4.79 Å². The zero-order chi connectivity index (χ0) is 15.4. The Hall–Kier alpha value is -2.18. The Morgan fingerprint density at radius 1 is 1.41 bits per heavy atom. The number of hydrogen-bond acceptors (Lipinski definition) is 4. The van der Waals surface area contributed by atoms with Crippen molar-refractivity contribution in [3.05, 3.63) is 42.1 Å². The fourth-order valence-corrected chi connectivity index (χ4v) is 2.58. The third-order valence-corrected chi connectivity index (χ3v) is 3.80. The number of methoxy groups -OCH3 is 1. The van der Waals surface area contributed by atoms with Gasteiger partial charge in [0.25, 0.3) is 5.91 Å². The second-order valence-electron chi connectivity index (χ2n) is 5.25. The molecule has 2 heterocycles. The highest BCUT2D eigenvalue weighted by molar-refractivity contribution is 5.93. The zero-order valence-corrected chi connectivity index (χ0v) is 12.4. The molecule has 3 rings (SSSR count). The summed E-state index contributed by atoms with van der Waals surface area (Å²) in [5.74, 6) is -0.202. The van der Waals surface area contributed by atoms with E-state index in [4.69, 9.17) is 9.47 Å². The van der Waals surface area contributed by atoms with Crippen LogP contribution in [0.3, 0.4) is 0 Å². The number of nitrogens with zero attached hydrogens (tertiary/aromatic N) is 1. The number of amides is 1. The maximum atomic E-state index is 12.3. The minimum Gasteiger partial charge on any atom is -0.379 e. The van der Waals surface area contributed by atoms with Gasteiger partial charge in [0.15, 0.2) is 0 Å². The molecule has 2 aromatic rings. The molecule has 2 N–H and O–H groups in total. The SMILES string of the molecule is CO[C@@H]1CCOC[C@H]1NC(=O)c1cc(-c2ccccc2)n[nH]1. The number of hydrogen-bond donors (Lipinski definition) is 2. The third kappa shape index (κ3) is 3.18. The van der Waals surface area contributed by atoms with E-state index in [0.29, 0.717) is 18.9 Å². The minimum atomic E-state index is -0.202. The molecule has 1 fully saturated rings. The number of rotatable bonds is 4. The molecule has 0 aliphatic carbocycles. The van der Waals surface area contributed by atoms with Crippen molar-refractivity contribution in [1.82, 2.24) is 15.5 Å². The van der Waals surface area contributed by atoms with Gasteiger partial charge < -0.3 is 14.8 Å². The Morgan fingerprint density at radius 2 is 2.23 bits per heavy atom. The first-order chi connectivity index (χ1) is 10.8. The second kappa shape index (κ2) is 6.72. The number of ether oxygens (including phenoxy) is 2. The summed E-state index contributed by atoms with van der Waals surface area (Å²) < 4.78 is 10.8. The topological polar surface area (TPSA) is 76.2 Å². The van der Waals surface area contributed by atoms with Crippen molar-refractivity contribution in [2.75, 3.05) is 20.3 Å². The Labute approximate surface area is 128 Å². The first-order valence-corrected chi connectivity index (χ1v) is 7.30. The van der Waals surface area contributed by atoms with Gasteiger partial charge in [-0.3, -0.25) is 9.89 Å². The van der Waals surface area contributed by atoms with Gasteiger partial charge in [0.2, 0.25) is 0 Å². The molecule has 6 heteroatoms. The van der Waals surface area contributed by atoms with E-state index in [2.05, 4.69) is 15.5 Å². The third-order valence-electron chi connectivity index (χ3n) is 3.80. The maximum Gasteiger partial charge on any atom is 0.269 e. The van der Waals surface area contributed by atoms with Crippen LogP contribution in [0.15, 0.2) is 36.4 Å². The summed E-state index contributed by atoms with van der Waals surface area (Å²) in [5, 5.41) is 9.91. The summed E-state index contributed by atoms with van der Waals surface area (Å²) in [4.78, 5) is 12.3. The van der Waals surface area contributed by atoms with Crippen LogP contribution in [0.5, 0.6) is 0 Å². The summed E-state index contributed by atoms with van der Waals surface area (Å²) >= 11 is 0. The summed E-state index contributed by atoms with van der Waals surface area (Å²) in [6.07, 6.45) is 0.758. The normalized spacial score (nSPS) is 21.5. The molecule has 0 spiro atoms. The van der Waals surface area contributed by atoms with Crippen molar-refractivity contribution in [3.8, 4) is 11.3 Å². The molecule has 1 amide bonds. The first kappa shape index (κ1) is 14.7. The molecule has 0 saturated carbocycles. The van der Waals surface area contributed by atoms with Crippen LogP contribution in [0.4, 0.5) is 0 Å². The molecule has 1 saturated heterocycles. The van der Waals surface area contributed by atoms with Crippen LogP contribution >= 0.6 is 0 Å². The molecule has 6 nitrogen and oxygen atoms in total. The van der Waals surface area contributed by atoms with Crippen LogP contribution in [0.1, 0.15) is 16.9 Å². The van der Waals surface area contributed by atoms with Crippen molar-refractivity contribution < 1.29 is 14.3 Å². The van der Waals surface area contributed by atoms with Gasteiger partial charge >= 0.3 is 0 Å². The standard InChI is InChI=1S/C16H19N3O3/c1-21-15-7-8-22-10-14(15)17-16(20)13-9-12(18-19-13)11-5-3-2-4-6-11/h2-6,9,14-15H,7-8,10H2,1H3,(H,17,20)(H,18,19)/t14-,15-/m1/s1. The van der Waals surface area contributed by atoms with Crippen LogP contribution in [0.2, 0.25) is 0 Å². The van der Waals surface area contributed by atoms with Gasteiger partial charge in [0.05, 0.1) is 24.4 Å². The summed E-state index contributed by atoms with van der Waals surface area (Å²) in [6, 6.07) is 11.3. The smallest absolute Gasteiger partial charge is 0.269 e. The first-order valence-electron chi connectivity index (χ1n) is 7.30. The predicted octanol–water partition coefficient (Wildman–Crippen LogP) is 1.61. The van der Waals surface area contributed by atoms with Crippen LogP contribution in [-0.2, 0) is 9.47 Å². The number of aromatic nitrogens is 2. The summed E-state index contributed by atoms with van der Waals surface area (Å²) in [7, 11) is 1.65. The molecule has 2 atom stereocenters. The van der Waals surface area contributed by atoms with Gasteiger partial charge in [-0.2, -0.15) is 5.10 Å². The zero-order valence-electron chi connectivity index (χ0n) is 12.4. The van der Waals surface area contributed by atoms with E-state index in [-0.39, 0.29) is 18.1 Å². The van der Waals surface area contributed by atoms with E-state index in [1.165, 1.54) is 0 Å². The Balaban J connectivity index is 1.69. The van der Waals surface area contributed by atoms with Gasteiger partial charge in [-0.1, -0.05) is 30.3 Å². The van der Waals surface area contributed by atoms with Crippen LogP contribution in [0.25, 0.3) is 11.3 Å². The monoisotopic (exact) mass is 301 g/mol. The summed E-state index contributed by atoms with van der Waals surface area (Å²) in [5.41, 5.74) is 2.14. The lowest BCUT2D eigenvalue weighted by molar-refractivity contribution is -0.0349. The van der Waals surface area contributed by atoms with Crippen molar-refractivity contribution in [3.63, 3.8) is 0 Å².